The fourth-order valence-electron chi connectivity index (χ4n) is 2.46. The standard InChI is InChI=1S/C18H20N4OS2/c1-12-6-7-15(13(2)9-12)19-17(23)11-25-18-21-20-16(22(18)3)10-14-5-4-8-24-14/h4-9H,10-11H2,1-3H3,(H,19,23). The molecule has 0 unspecified atom stereocenters. The molecule has 0 fully saturated rings. The molecule has 0 aliphatic carbocycles. The third-order valence-corrected chi connectivity index (χ3v) is 5.72. The van der Waals surface area contributed by atoms with Crippen LogP contribution >= 0.6 is 23.1 Å². The highest BCUT2D eigenvalue weighted by Crippen LogP contribution is 2.20. The molecule has 5 nitrogen and oxygen atoms in total. The van der Waals surface area contributed by atoms with E-state index in [2.05, 4.69) is 33.0 Å². The molecule has 130 valence electrons. The first-order valence-electron chi connectivity index (χ1n) is 7.93. The third kappa shape index (κ3) is 4.49. The van der Waals surface area contributed by atoms with Crippen molar-refractivity contribution in [2.24, 2.45) is 7.05 Å². The molecule has 0 bridgehead atoms. The van der Waals surface area contributed by atoms with Crippen LogP contribution < -0.4 is 5.32 Å². The molecule has 2 heterocycles. The SMILES string of the molecule is Cc1ccc(NC(=O)CSc2nnc(Cc3cccs3)n2C)c(C)c1. The number of nitrogens with zero attached hydrogens (tertiary/aromatic N) is 3. The number of thioether (sulfide) groups is 1. The van der Waals surface area contributed by atoms with Crippen LogP contribution in [0.25, 0.3) is 0 Å². The zero-order valence-corrected chi connectivity index (χ0v) is 16.1. The van der Waals surface area contributed by atoms with Gasteiger partial charge in [0.15, 0.2) is 5.16 Å². The third-order valence-electron chi connectivity index (χ3n) is 3.83. The van der Waals surface area contributed by atoms with Gasteiger partial charge in [-0.2, -0.15) is 0 Å². The fraction of sp³-hybridized carbons (Fsp3) is 0.278. The van der Waals surface area contributed by atoms with Crippen LogP contribution in [-0.2, 0) is 18.3 Å². The lowest BCUT2D eigenvalue weighted by Gasteiger charge is -2.09. The van der Waals surface area contributed by atoms with Gasteiger partial charge < -0.3 is 9.88 Å². The maximum Gasteiger partial charge on any atom is 0.234 e. The molecule has 25 heavy (non-hydrogen) atoms. The largest absolute Gasteiger partial charge is 0.325 e. The minimum atomic E-state index is -0.0419. The van der Waals surface area contributed by atoms with E-state index in [4.69, 9.17) is 0 Å². The van der Waals surface area contributed by atoms with Crippen molar-refractivity contribution < 1.29 is 4.79 Å². The van der Waals surface area contributed by atoms with Crippen molar-refractivity contribution in [3.8, 4) is 0 Å². The molecule has 2 aromatic heterocycles. The van der Waals surface area contributed by atoms with E-state index in [9.17, 15) is 4.79 Å². The van der Waals surface area contributed by atoms with Gasteiger partial charge in [-0.15, -0.1) is 21.5 Å². The van der Waals surface area contributed by atoms with E-state index in [0.29, 0.717) is 5.75 Å². The minimum Gasteiger partial charge on any atom is -0.325 e. The summed E-state index contributed by atoms with van der Waals surface area (Å²) in [7, 11) is 1.94. The molecule has 0 spiro atoms. The minimum absolute atomic E-state index is 0.0419. The topological polar surface area (TPSA) is 59.8 Å². The number of anilines is 1. The van der Waals surface area contributed by atoms with Crippen molar-refractivity contribution in [1.29, 1.82) is 0 Å². The van der Waals surface area contributed by atoms with Crippen LogP contribution in [0.5, 0.6) is 0 Å². The Morgan fingerprint density at radius 1 is 1.28 bits per heavy atom. The second kappa shape index (κ2) is 7.84. The summed E-state index contributed by atoms with van der Waals surface area (Å²) in [6.45, 7) is 4.03. The summed E-state index contributed by atoms with van der Waals surface area (Å²) in [6.07, 6.45) is 0.760. The van der Waals surface area contributed by atoms with E-state index in [1.54, 1.807) is 11.3 Å². The average Bonchev–Trinajstić information content (AvgIpc) is 3.20. The molecule has 7 heteroatoms. The summed E-state index contributed by atoms with van der Waals surface area (Å²) in [5.74, 6) is 1.16. The van der Waals surface area contributed by atoms with Crippen molar-refractivity contribution in [3.63, 3.8) is 0 Å². The Morgan fingerprint density at radius 3 is 2.84 bits per heavy atom. The Morgan fingerprint density at radius 2 is 2.12 bits per heavy atom. The fourth-order valence-corrected chi connectivity index (χ4v) is 3.90. The normalized spacial score (nSPS) is 10.8. The van der Waals surface area contributed by atoms with Crippen molar-refractivity contribution >= 4 is 34.7 Å². The molecule has 1 aromatic carbocycles. The van der Waals surface area contributed by atoms with Crippen molar-refractivity contribution in [2.45, 2.75) is 25.4 Å². The maximum absolute atomic E-state index is 12.2. The molecule has 0 radical (unpaired) electrons. The van der Waals surface area contributed by atoms with Gasteiger partial charge in [-0.05, 0) is 36.9 Å². The van der Waals surface area contributed by atoms with Gasteiger partial charge in [0.2, 0.25) is 5.91 Å². The summed E-state index contributed by atoms with van der Waals surface area (Å²) in [5, 5.41) is 14.2. The number of benzene rings is 1. The molecule has 0 saturated heterocycles. The second-order valence-electron chi connectivity index (χ2n) is 5.87. The quantitative estimate of drug-likeness (QED) is 0.668. The molecule has 1 amide bonds. The lowest BCUT2D eigenvalue weighted by molar-refractivity contribution is -0.113. The van der Waals surface area contributed by atoms with Crippen LogP contribution in [-0.4, -0.2) is 26.4 Å². The Hall–Kier alpha value is -2.12. The van der Waals surface area contributed by atoms with Gasteiger partial charge in [0.25, 0.3) is 0 Å². The summed E-state index contributed by atoms with van der Waals surface area (Å²) >= 11 is 3.10. The first kappa shape index (κ1) is 17.7. The Balaban J connectivity index is 1.58. The van der Waals surface area contributed by atoms with Crippen LogP contribution in [0.2, 0.25) is 0 Å². The highest BCUT2D eigenvalue weighted by molar-refractivity contribution is 7.99. The summed E-state index contributed by atoms with van der Waals surface area (Å²) < 4.78 is 1.95. The van der Waals surface area contributed by atoms with Gasteiger partial charge in [0.05, 0.1) is 5.75 Å². The summed E-state index contributed by atoms with van der Waals surface area (Å²) in [4.78, 5) is 13.5. The smallest absolute Gasteiger partial charge is 0.234 e. The first-order chi connectivity index (χ1) is 12.0. The van der Waals surface area contributed by atoms with Crippen molar-refractivity contribution in [1.82, 2.24) is 14.8 Å². The van der Waals surface area contributed by atoms with Crippen LogP contribution in [0, 0.1) is 13.8 Å². The molecule has 1 N–H and O–H groups in total. The first-order valence-corrected chi connectivity index (χ1v) is 9.80. The number of amides is 1. The number of hydrogen-bond acceptors (Lipinski definition) is 5. The molecule has 0 aliphatic heterocycles. The summed E-state index contributed by atoms with van der Waals surface area (Å²) in [5.41, 5.74) is 3.10. The molecular weight excluding hydrogens is 352 g/mol. The highest BCUT2D eigenvalue weighted by atomic mass is 32.2. The number of hydrogen-bond donors (Lipinski definition) is 1. The van der Waals surface area contributed by atoms with E-state index in [0.717, 1.165) is 28.7 Å². The van der Waals surface area contributed by atoms with Crippen LogP contribution in [0.1, 0.15) is 21.8 Å². The van der Waals surface area contributed by atoms with E-state index >= 15 is 0 Å². The molecule has 0 aliphatic rings. The number of nitrogens with one attached hydrogen (secondary N) is 1. The Labute approximate surface area is 155 Å². The number of thiophene rings is 1. The van der Waals surface area contributed by atoms with Crippen LogP contribution in [0.15, 0.2) is 40.9 Å². The average molecular weight is 373 g/mol. The van der Waals surface area contributed by atoms with E-state index in [1.807, 2.05) is 43.7 Å². The second-order valence-corrected chi connectivity index (χ2v) is 7.84. The predicted molar refractivity (Wildman–Crippen MR) is 103 cm³/mol. The Bertz CT molecular complexity index is 871. The van der Waals surface area contributed by atoms with Gasteiger partial charge >= 0.3 is 0 Å². The van der Waals surface area contributed by atoms with E-state index in [-0.39, 0.29) is 5.91 Å². The number of carbonyl (C=O) groups excluding carboxylic acids is 1. The number of aryl methyl sites for hydroxylation is 2. The predicted octanol–water partition coefficient (Wildman–Crippen LogP) is 3.82. The van der Waals surface area contributed by atoms with Gasteiger partial charge in [0.1, 0.15) is 5.82 Å². The molecular formula is C18H20N4OS2. The van der Waals surface area contributed by atoms with Gasteiger partial charge in [-0.25, -0.2) is 0 Å². The molecule has 0 atom stereocenters. The van der Waals surface area contributed by atoms with Crippen LogP contribution in [0.4, 0.5) is 5.69 Å². The zero-order valence-electron chi connectivity index (χ0n) is 14.4. The van der Waals surface area contributed by atoms with Gasteiger partial charge in [-0.3, -0.25) is 4.79 Å². The van der Waals surface area contributed by atoms with Crippen LogP contribution in [0.3, 0.4) is 0 Å². The van der Waals surface area contributed by atoms with E-state index < -0.39 is 0 Å². The molecule has 3 rings (SSSR count). The van der Waals surface area contributed by atoms with Crippen molar-refractivity contribution in [3.05, 3.63) is 57.5 Å². The van der Waals surface area contributed by atoms with E-state index in [1.165, 1.54) is 22.2 Å². The highest BCUT2D eigenvalue weighted by Gasteiger charge is 2.13. The lowest BCUT2D eigenvalue weighted by atomic mass is 10.1. The van der Waals surface area contributed by atoms with Gasteiger partial charge in [0, 0.05) is 24.0 Å². The Kier molecular flexibility index (Phi) is 5.55. The number of rotatable bonds is 6. The number of aromatic nitrogens is 3. The lowest BCUT2D eigenvalue weighted by Crippen LogP contribution is -2.15. The number of carbonyl (C=O) groups is 1. The monoisotopic (exact) mass is 372 g/mol. The molecule has 0 saturated carbocycles. The van der Waals surface area contributed by atoms with Gasteiger partial charge in [-0.1, -0.05) is 35.5 Å². The van der Waals surface area contributed by atoms with Crippen molar-refractivity contribution in [2.75, 3.05) is 11.1 Å². The molecule has 3 aromatic rings. The zero-order chi connectivity index (χ0) is 17.8. The maximum atomic E-state index is 12.2. The summed E-state index contributed by atoms with van der Waals surface area (Å²) in [6, 6.07) is 10.1.